The highest BCUT2D eigenvalue weighted by atomic mass is 32.2. The molecule has 2 aromatic carbocycles. The highest BCUT2D eigenvalue weighted by molar-refractivity contribution is 7.89. The van der Waals surface area contributed by atoms with Crippen molar-refractivity contribution in [3.63, 3.8) is 0 Å². The summed E-state index contributed by atoms with van der Waals surface area (Å²) in [5.74, 6) is -0.398. The minimum absolute atomic E-state index is 0.0379. The van der Waals surface area contributed by atoms with E-state index >= 15 is 0 Å². The maximum Gasteiger partial charge on any atom is 0.308 e. The number of anilines is 1. The fourth-order valence-corrected chi connectivity index (χ4v) is 6.47. The molecule has 1 saturated heterocycles. The number of nitrogens with one attached hydrogen (secondary N) is 1. The number of carbonyl (C=O) groups is 1. The molecule has 7 nitrogen and oxygen atoms in total. The first-order valence-electron chi connectivity index (χ1n) is 10.3. The standard InChI is InChI=1S/C22H25N3O4S2/c1-15(2)25-19-10-9-17(14-20(19)30-22(25)27)23-21(26)16-7-6-8-18(13-16)31(28,29)24-11-4-3-5-12-24/h6-10,13-15H,3-5,11-12H2,1-2H3,(H,23,26). The fourth-order valence-electron chi connectivity index (χ4n) is 3.86. The smallest absolute Gasteiger partial charge is 0.308 e. The van der Waals surface area contributed by atoms with E-state index in [0.717, 1.165) is 40.8 Å². The molecule has 1 amide bonds. The molecule has 1 aromatic heterocycles. The topological polar surface area (TPSA) is 88.5 Å². The molecule has 9 heteroatoms. The molecule has 4 rings (SSSR count). The van der Waals surface area contributed by atoms with Crippen molar-refractivity contribution in [1.82, 2.24) is 8.87 Å². The van der Waals surface area contributed by atoms with Crippen LogP contribution in [0, 0.1) is 0 Å². The molecule has 0 radical (unpaired) electrons. The monoisotopic (exact) mass is 459 g/mol. The first kappa shape index (κ1) is 21.7. The Balaban J connectivity index is 1.58. The highest BCUT2D eigenvalue weighted by Crippen LogP contribution is 2.25. The van der Waals surface area contributed by atoms with Crippen LogP contribution in [-0.4, -0.2) is 36.3 Å². The Hall–Kier alpha value is -2.49. The van der Waals surface area contributed by atoms with E-state index in [2.05, 4.69) is 5.32 Å². The van der Waals surface area contributed by atoms with Crippen LogP contribution in [0.15, 0.2) is 52.2 Å². The van der Waals surface area contributed by atoms with Crippen molar-refractivity contribution in [2.75, 3.05) is 18.4 Å². The zero-order chi connectivity index (χ0) is 22.2. The molecule has 0 aliphatic carbocycles. The molecular weight excluding hydrogens is 434 g/mol. The summed E-state index contributed by atoms with van der Waals surface area (Å²) >= 11 is 1.14. The first-order chi connectivity index (χ1) is 14.8. The van der Waals surface area contributed by atoms with Gasteiger partial charge in [0.2, 0.25) is 10.0 Å². The van der Waals surface area contributed by atoms with Gasteiger partial charge in [-0.15, -0.1) is 0 Å². The van der Waals surface area contributed by atoms with Gasteiger partial charge in [0, 0.05) is 30.4 Å². The summed E-state index contributed by atoms with van der Waals surface area (Å²) in [7, 11) is -3.61. The van der Waals surface area contributed by atoms with Gasteiger partial charge in [-0.05, 0) is 63.1 Å². The molecule has 0 atom stereocenters. The Morgan fingerprint density at radius 3 is 2.52 bits per heavy atom. The predicted molar refractivity (Wildman–Crippen MR) is 123 cm³/mol. The second kappa shape index (κ2) is 8.57. The van der Waals surface area contributed by atoms with Gasteiger partial charge in [-0.25, -0.2) is 8.42 Å². The predicted octanol–water partition coefficient (Wildman–Crippen LogP) is 4.07. The quantitative estimate of drug-likeness (QED) is 0.623. The fraction of sp³-hybridized carbons (Fsp3) is 0.364. The van der Waals surface area contributed by atoms with E-state index in [-0.39, 0.29) is 21.4 Å². The normalized spacial score (nSPS) is 15.5. The number of fused-ring (bicyclic) bond motifs is 1. The largest absolute Gasteiger partial charge is 0.322 e. The highest BCUT2D eigenvalue weighted by Gasteiger charge is 2.26. The zero-order valence-corrected chi connectivity index (χ0v) is 19.1. The molecule has 1 aliphatic heterocycles. The van der Waals surface area contributed by atoms with Crippen LogP contribution in [0.5, 0.6) is 0 Å². The van der Waals surface area contributed by atoms with Gasteiger partial charge >= 0.3 is 4.87 Å². The molecule has 2 heterocycles. The molecule has 0 saturated carbocycles. The van der Waals surface area contributed by atoms with Gasteiger partial charge in [-0.2, -0.15) is 4.31 Å². The molecule has 31 heavy (non-hydrogen) atoms. The van der Waals surface area contributed by atoms with Crippen LogP contribution >= 0.6 is 11.3 Å². The number of carbonyl (C=O) groups excluding carboxylic acids is 1. The summed E-state index contributed by atoms with van der Waals surface area (Å²) in [6.45, 7) is 4.93. The average molecular weight is 460 g/mol. The van der Waals surface area contributed by atoms with Gasteiger partial charge in [0.25, 0.3) is 5.91 Å². The Morgan fingerprint density at radius 2 is 1.81 bits per heavy atom. The van der Waals surface area contributed by atoms with Crippen LogP contribution in [0.4, 0.5) is 5.69 Å². The molecule has 164 valence electrons. The van der Waals surface area contributed by atoms with E-state index in [9.17, 15) is 18.0 Å². The number of piperidine rings is 1. The number of nitrogens with zero attached hydrogens (tertiary/aromatic N) is 2. The van der Waals surface area contributed by atoms with E-state index in [1.807, 2.05) is 19.9 Å². The lowest BCUT2D eigenvalue weighted by Crippen LogP contribution is -2.35. The van der Waals surface area contributed by atoms with Gasteiger partial charge in [0.15, 0.2) is 0 Å². The second-order valence-corrected chi connectivity index (χ2v) is 10.9. The van der Waals surface area contributed by atoms with E-state index in [0.29, 0.717) is 18.8 Å². The minimum atomic E-state index is -3.61. The van der Waals surface area contributed by atoms with Crippen molar-refractivity contribution in [2.45, 2.75) is 44.0 Å². The minimum Gasteiger partial charge on any atom is -0.322 e. The molecule has 0 unspecified atom stereocenters. The first-order valence-corrected chi connectivity index (χ1v) is 12.6. The molecule has 1 fully saturated rings. The number of aromatic nitrogens is 1. The van der Waals surface area contributed by atoms with Crippen LogP contribution in [0.2, 0.25) is 0 Å². The summed E-state index contributed by atoms with van der Waals surface area (Å²) in [5, 5.41) is 2.81. The van der Waals surface area contributed by atoms with E-state index in [1.165, 1.54) is 16.4 Å². The molecule has 3 aromatic rings. The Labute approximate surface area is 185 Å². The van der Waals surface area contributed by atoms with Gasteiger partial charge in [0.05, 0.1) is 15.1 Å². The lowest BCUT2D eigenvalue weighted by atomic mass is 10.2. The number of sulfonamides is 1. The third-order valence-electron chi connectivity index (χ3n) is 5.44. The summed E-state index contributed by atoms with van der Waals surface area (Å²) in [6, 6.07) is 11.5. The SMILES string of the molecule is CC(C)n1c(=O)sc2cc(NC(=O)c3cccc(S(=O)(=O)N4CCCCC4)c3)ccc21. The molecule has 0 bridgehead atoms. The van der Waals surface area contributed by atoms with Crippen LogP contribution in [-0.2, 0) is 10.0 Å². The summed E-state index contributed by atoms with van der Waals surface area (Å²) in [6.07, 6.45) is 2.74. The summed E-state index contributed by atoms with van der Waals surface area (Å²) < 4.78 is 29.8. The molecule has 1 N–H and O–H groups in total. The summed E-state index contributed by atoms with van der Waals surface area (Å²) in [5.41, 5.74) is 1.66. The number of thiazole rings is 1. The van der Waals surface area contributed by atoms with Crippen molar-refractivity contribution < 1.29 is 13.2 Å². The number of hydrogen-bond donors (Lipinski definition) is 1. The van der Waals surface area contributed by atoms with Crippen molar-refractivity contribution in [3.05, 3.63) is 57.7 Å². The number of hydrogen-bond acceptors (Lipinski definition) is 5. The molecule has 1 aliphatic rings. The number of amides is 1. The van der Waals surface area contributed by atoms with Crippen molar-refractivity contribution >= 4 is 43.2 Å². The van der Waals surface area contributed by atoms with E-state index in [1.54, 1.807) is 28.8 Å². The molecular formula is C22H25N3O4S2. The maximum atomic E-state index is 12.9. The average Bonchev–Trinajstić information content (AvgIpc) is 3.09. The van der Waals surface area contributed by atoms with Gasteiger partial charge < -0.3 is 5.32 Å². The van der Waals surface area contributed by atoms with E-state index < -0.39 is 15.9 Å². The second-order valence-electron chi connectivity index (χ2n) is 7.96. The lowest BCUT2D eigenvalue weighted by Gasteiger charge is -2.26. The van der Waals surface area contributed by atoms with Gasteiger partial charge in [-0.3, -0.25) is 14.2 Å². The van der Waals surface area contributed by atoms with E-state index in [4.69, 9.17) is 0 Å². The van der Waals surface area contributed by atoms with Crippen molar-refractivity contribution in [1.29, 1.82) is 0 Å². The lowest BCUT2D eigenvalue weighted by molar-refractivity contribution is 0.102. The van der Waals surface area contributed by atoms with Crippen LogP contribution in [0.1, 0.15) is 49.5 Å². The summed E-state index contributed by atoms with van der Waals surface area (Å²) in [4.78, 5) is 25.1. The molecule has 0 spiro atoms. The van der Waals surface area contributed by atoms with Crippen LogP contribution in [0.25, 0.3) is 10.2 Å². The van der Waals surface area contributed by atoms with Crippen LogP contribution < -0.4 is 10.2 Å². The van der Waals surface area contributed by atoms with Gasteiger partial charge in [0.1, 0.15) is 0 Å². The van der Waals surface area contributed by atoms with Gasteiger partial charge in [-0.1, -0.05) is 23.8 Å². The Morgan fingerprint density at radius 1 is 1.06 bits per heavy atom. The zero-order valence-electron chi connectivity index (χ0n) is 17.5. The van der Waals surface area contributed by atoms with Crippen LogP contribution in [0.3, 0.4) is 0 Å². The number of benzene rings is 2. The third-order valence-corrected chi connectivity index (χ3v) is 8.25. The third kappa shape index (κ3) is 4.30. The maximum absolute atomic E-state index is 12.9. The Kier molecular flexibility index (Phi) is 6.00. The van der Waals surface area contributed by atoms with Crippen molar-refractivity contribution in [2.24, 2.45) is 0 Å². The Bertz CT molecular complexity index is 1290. The van der Waals surface area contributed by atoms with Crippen molar-refractivity contribution in [3.8, 4) is 0 Å². The number of rotatable bonds is 5.